The highest BCUT2D eigenvalue weighted by Crippen LogP contribution is 2.19. The molecule has 0 aliphatic heterocycles. The van der Waals surface area contributed by atoms with Crippen LogP contribution in [0.1, 0.15) is 15.9 Å². The van der Waals surface area contributed by atoms with Gasteiger partial charge in [-0.1, -0.05) is 36.4 Å². The molecule has 0 aliphatic rings. The fourth-order valence-electron chi connectivity index (χ4n) is 2.33. The number of anilines is 1. The zero-order valence-corrected chi connectivity index (χ0v) is 13.2. The summed E-state index contributed by atoms with van der Waals surface area (Å²) in [4.78, 5) is 12.5. The van der Waals surface area contributed by atoms with Crippen LogP contribution in [0.15, 0.2) is 72.8 Å². The van der Waals surface area contributed by atoms with E-state index in [4.69, 9.17) is 4.74 Å². The minimum absolute atomic E-state index is 0.180. The van der Waals surface area contributed by atoms with Crippen molar-refractivity contribution in [2.75, 3.05) is 5.32 Å². The summed E-state index contributed by atoms with van der Waals surface area (Å²) in [6, 6.07) is 18.9. The number of carbonyl (C=O) groups excluding carboxylic acids is 1. The molecule has 0 bridgehead atoms. The maximum atomic E-state index is 13.7. The van der Waals surface area contributed by atoms with Gasteiger partial charge >= 0.3 is 0 Å². The van der Waals surface area contributed by atoms with Gasteiger partial charge < -0.3 is 10.1 Å². The molecule has 0 aliphatic carbocycles. The summed E-state index contributed by atoms with van der Waals surface area (Å²) in [6.45, 7) is 0.180. The molecule has 0 saturated heterocycles. The van der Waals surface area contributed by atoms with Crippen molar-refractivity contribution in [2.24, 2.45) is 0 Å². The Labute approximate surface area is 143 Å². The van der Waals surface area contributed by atoms with Crippen molar-refractivity contribution in [3.05, 3.63) is 95.6 Å². The monoisotopic (exact) mass is 339 g/mol. The van der Waals surface area contributed by atoms with Crippen LogP contribution >= 0.6 is 0 Å². The van der Waals surface area contributed by atoms with E-state index in [-0.39, 0.29) is 12.3 Å². The summed E-state index contributed by atoms with van der Waals surface area (Å²) < 4.78 is 32.6. The quantitative estimate of drug-likeness (QED) is 0.725. The Morgan fingerprint density at radius 1 is 0.920 bits per heavy atom. The first-order valence-corrected chi connectivity index (χ1v) is 7.65. The maximum Gasteiger partial charge on any atom is 0.256 e. The Morgan fingerprint density at radius 2 is 1.64 bits per heavy atom. The molecule has 0 radical (unpaired) electrons. The number of ether oxygens (including phenoxy) is 1. The van der Waals surface area contributed by atoms with Crippen molar-refractivity contribution in [1.82, 2.24) is 0 Å². The highest BCUT2D eigenvalue weighted by atomic mass is 19.1. The fraction of sp³-hybridized carbons (Fsp3) is 0.0500. The summed E-state index contributed by atoms with van der Waals surface area (Å²) in [5.41, 5.74) is 0.770. The van der Waals surface area contributed by atoms with Gasteiger partial charge in [-0.05, 0) is 30.3 Å². The first-order chi connectivity index (χ1) is 12.1. The van der Waals surface area contributed by atoms with E-state index in [0.29, 0.717) is 16.9 Å². The van der Waals surface area contributed by atoms with Crippen LogP contribution < -0.4 is 10.1 Å². The number of halogens is 2. The lowest BCUT2D eigenvalue weighted by molar-refractivity contribution is 0.102. The molecule has 3 rings (SSSR count). The van der Waals surface area contributed by atoms with Crippen molar-refractivity contribution in [1.29, 1.82) is 0 Å². The van der Waals surface area contributed by atoms with E-state index in [1.807, 2.05) is 30.3 Å². The summed E-state index contributed by atoms with van der Waals surface area (Å²) in [5, 5.41) is 2.40. The van der Waals surface area contributed by atoms with E-state index < -0.39 is 17.5 Å². The largest absolute Gasteiger partial charge is 0.489 e. The molecule has 0 aromatic heterocycles. The average molecular weight is 339 g/mol. The Bertz CT molecular complexity index is 882. The number of hydrogen-bond acceptors (Lipinski definition) is 2. The molecule has 0 spiro atoms. The SMILES string of the molecule is O=C(Nc1cc(F)ccc1F)c1ccccc1COc1ccccc1. The van der Waals surface area contributed by atoms with E-state index in [1.165, 1.54) is 0 Å². The lowest BCUT2D eigenvalue weighted by Gasteiger charge is -2.12. The smallest absolute Gasteiger partial charge is 0.256 e. The van der Waals surface area contributed by atoms with E-state index in [1.54, 1.807) is 24.3 Å². The fourth-order valence-corrected chi connectivity index (χ4v) is 2.33. The van der Waals surface area contributed by atoms with Crippen molar-refractivity contribution < 1.29 is 18.3 Å². The molecule has 1 amide bonds. The third-order valence-corrected chi connectivity index (χ3v) is 3.58. The molecule has 3 aromatic rings. The second-order valence-electron chi connectivity index (χ2n) is 5.34. The Balaban J connectivity index is 1.77. The van der Waals surface area contributed by atoms with E-state index in [9.17, 15) is 13.6 Å². The summed E-state index contributed by atoms with van der Waals surface area (Å²) >= 11 is 0. The normalized spacial score (nSPS) is 10.3. The van der Waals surface area contributed by atoms with Crippen LogP contribution in [-0.4, -0.2) is 5.91 Å². The zero-order chi connectivity index (χ0) is 17.6. The number of hydrogen-bond donors (Lipinski definition) is 1. The van der Waals surface area contributed by atoms with E-state index >= 15 is 0 Å². The predicted octanol–water partition coefficient (Wildman–Crippen LogP) is 4.80. The Morgan fingerprint density at radius 3 is 2.44 bits per heavy atom. The second-order valence-corrected chi connectivity index (χ2v) is 5.34. The first-order valence-electron chi connectivity index (χ1n) is 7.65. The summed E-state index contributed by atoms with van der Waals surface area (Å²) in [6.07, 6.45) is 0. The molecule has 0 heterocycles. The first kappa shape index (κ1) is 16.6. The van der Waals surface area contributed by atoms with Crippen molar-refractivity contribution in [2.45, 2.75) is 6.61 Å². The molecule has 0 fully saturated rings. The molecule has 126 valence electrons. The van der Waals surface area contributed by atoms with Crippen LogP contribution in [0.2, 0.25) is 0 Å². The molecule has 1 N–H and O–H groups in total. The van der Waals surface area contributed by atoms with E-state index in [0.717, 1.165) is 18.2 Å². The van der Waals surface area contributed by atoms with Crippen molar-refractivity contribution >= 4 is 11.6 Å². The molecule has 5 heteroatoms. The molecular formula is C20H15F2NO2. The number of para-hydroxylation sites is 1. The highest BCUT2D eigenvalue weighted by molar-refractivity contribution is 6.05. The number of benzene rings is 3. The van der Waals surface area contributed by atoms with Gasteiger partial charge in [0.25, 0.3) is 5.91 Å². The van der Waals surface area contributed by atoms with Gasteiger partial charge in [0.15, 0.2) is 0 Å². The number of amides is 1. The van der Waals surface area contributed by atoms with Crippen LogP contribution in [0.4, 0.5) is 14.5 Å². The zero-order valence-electron chi connectivity index (χ0n) is 13.2. The molecule has 25 heavy (non-hydrogen) atoms. The van der Waals surface area contributed by atoms with Crippen LogP contribution in [-0.2, 0) is 6.61 Å². The van der Waals surface area contributed by atoms with Crippen LogP contribution in [0.3, 0.4) is 0 Å². The lowest BCUT2D eigenvalue weighted by Crippen LogP contribution is -2.16. The number of rotatable bonds is 5. The molecule has 0 saturated carbocycles. The third kappa shape index (κ3) is 4.20. The van der Waals surface area contributed by atoms with Gasteiger partial charge in [0.1, 0.15) is 24.0 Å². The van der Waals surface area contributed by atoms with Crippen LogP contribution in [0.5, 0.6) is 5.75 Å². The Kier molecular flexibility index (Phi) is 5.04. The molecule has 0 unspecified atom stereocenters. The molecular weight excluding hydrogens is 324 g/mol. The van der Waals surface area contributed by atoms with Gasteiger partial charge in [0, 0.05) is 17.2 Å². The second kappa shape index (κ2) is 7.57. The summed E-state index contributed by atoms with van der Waals surface area (Å²) in [7, 11) is 0. The molecule has 3 aromatic carbocycles. The molecule has 3 nitrogen and oxygen atoms in total. The third-order valence-electron chi connectivity index (χ3n) is 3.58. The van der Waals surface area contributed by atoms with Crippen LogP contribution in [0.25, 0.3) is 0 Å². The summed E-state index contributed by atoms with van der Waals surface area (Å²) in [5.74, 6) is -1.18. The van der Waals surface area contributed by atoms with Crippen molar-refractivity contribution in [3.63, 3.8) is 0 Å². The minimum Gasteiger partial charge on any atom is -0.489 e. The number of carbonyl (C=O) groups is 1. The van der Waals surface area contributed by atoms with Gasteiger partial charge in [0.2, 0.25) is 0 Å². The maximum absolute atomic E-state index is 13.7. The molecule has 0 atom stereocenters. The van der Waals surface area contributed by atoms with Gasteiger partial charge in [0.05, 0.1) is 5.69 Å². The standard InChI is InChI=1S/C20H15F2NO2/c21-15-10-11-18(22)19(12-15)23-20(24)17-9-5-4-6-14(17)13-25-16-7-2-1-3-8-16/h1-12H,13H2,(H,23,24). The number of nitrogens with one attached hydrogen (secondary N) is 1. The topological polar surface area (TPSA) is 38.3 Å². The van der Waals surface area contributed by atoms with Crippen LogP contribution in [0, 0.1) is 11.6 Å². The van der Waals surface area contributed by atoms with Gasteiger partial charge in [-0.25, -0.2) is 8.78 Å². The van der Waals surface area contributed by atoms with Crippen molar-refractivity contribution in [3.8, 4) is 5.75 Å². The van der Waals surface area contributed by atoms with Gasteiger partial charge in [-0.3, -0.25) is 4.79 Å². The van der Waals surface area contributed by atoms with Gasteiger partial charge in [-0.15, -0.1) is 0 Å². The Hall–Kier alpha value is -3.21. The predicted molar refractivity (Wildman–Crippen MR) is 91.5 cm³/mol. The van der Waals surface area contributed by atoms with E-state index in [2.05, 4.69) is 5.32 Å². The van der Waals surface area contributed by atoms with Gasteiger partial charge in [-0.2, -0.15) is 0 Å². The lowest BCUT2D eigenvalue weighted by atomic mass is 10.1. The average Bonchev–Trinajstić information content (AvgIpc) is 2.64. The highest BCUT2D eigenvalue weighted by Gasteiger charge is 2.14. The minimum atomic E-state index is -0.701.